The number of piperazine rings is 1. The van der Waals surface area contributed by atoms with Gasteiger partial charge in [0, 0.05) is 23.3 Å². The molecule has 28 heavy (non-hydrogen) atoms. The number of non-ortho nitro benzene ring substituents is 1. The molecule has 1 aliphatic rings. The van der Waals surface area contributed by atoms with Crippen LogP contribution in [0.2, 0.25) is 0 Å². The van der Waals surface area contributed by atoms with Crippen molar-refractivity contribution in [1.82, 2.24) is 0 Å². The molecule has 0 aliphatic carbocycles. The minimum atomic E-state index is -0.346. The van der Waals surface area contributed by atoms with Gasteiger partial charge in [0.2, 0.25) is 5.75 Å². The van der Waals surface area contributed by atoms with Crippen molar-refractivity contribution in [2.24, 2.45) is 0 Å². The Kier molecular flexibility index (Phi) is 6.33. The van der Waals surface area contributed by atoms with Gasteiger partial charge in [0.25, 0.3) is 5.69 Å². The summed E-state index contributed by atoms with van der Waals surface area (Å²) in [6, 6.07) is 10.6. The van der Waals surface area contributed by atoms with E-state index in [1.54, 1.807) is 12.1 Å². The summed E-state index contributed by atoms with van der Waals surface area (Å²) in [5.74, 6) is 0.863. The van der Waals surface area contributed by atoms with Crippen molar-refractivity contribution in [1.29, 1.82) is 0 Å². The Morgan fingerprint density at radius 2 is 1.50 bits per heavy atom. The Hall–Kier alpha value is -2.84. The summed E-state index contributed by atoms with van der Waals surface area (Å²) in [6.45, 7) is 5.66. The molecule has 0 unspecified atom stereocenters. The number of nitrogens with zero attached hydrogens (tertiary/aromatic N) is 1. The van der Waals surface area contributed by atoms with E-state index in [9.17, 15) is 15.2 Å². The third kappa shape index (κ3) is 4.71. The number of nitro benzene ring substituents is 1. The first-order valence-corrected chi connectivity index (χ1v) is 9.34. The summed E-state index contributed by atoms with van der Waals surface area (Å²) in [4.78, 5) is 13.5. The molecular weight excluding hydrogens is 362 g/mol. The molecule has 0 radical (unpaired) electrons. The average Bonchev–Trinajstić information content (AvgIpc) is 2.70. The van der Waals surface area contributed by atoms with Crippen LogP contribution in [-0.2, 0) is 13.1 Å². The Balaban J connectivity index is 1.57. The quantitative estimate of drug-likeness (QED) is 0.451. The van der Waals surface area contributed by atoms with Gasteiger partial charge in [-0.3, -0.25) is 10.1 Å². The number of hydrogen-bond acceptors (Lipinski definition) is 5. The molecule has 8 heteroatoms. The molecule has 3 N–H and O–H groups in total. The Bertz CT molecular complexity index is 809. The van der Waals surface area contributed by atoms with Crippen LogP contribution >= 0.6 is 0 Å². The number of benzene rings is 2. The highest BCUT2D eigenvalue weighted by Crippen LogP contribution is 2.36. The fourth-order valence-corrected chi connectivity index (χ4v) is 3.72. The number of phenols is 1. The standard InChI is InChI=1S/C20H25N3O5/c1-27-18-11-16(12-19(28-2)20(18)24)14-22-8-6-21(7-9-22)13-15-4-3-5-17(10-15)23(25)26/h3-5,10-12,24H,6-9,13-14H2,1-2H3/p+2. The van der Waals surface area contributed by atoms with E-state index in [1.165, 1.54) is 30.1 Å². The maximum Gasteiger partial charge on any atom is 0.269 e. The number of ether oxygens (including phenoxy) is 2. The van der Waals surface area contributed by atoms with Crippen LogP contribution < -0.4 is 19.3 Å². The maximum atomic E-state index is 10.9. The van der Waals surface area contributed by atoms with E-state index in [2.05, 4.69) is 0 Å². The molecule has 1 aliphatic heterocycles. The van der Waals surface area contributed by atoms with Gasteiger partial charge in [0.05, 0.1) is 19.1 Å². The molecule has 1 fully saturated rings. The van der Waals surface area contributed by atoms with Gasteiger partial charge in [-0.05, 0) is 12.1 Å². The lowest BCUT2D eigenvalue weighted by Gasteiger charge is -2.30. The lowest BCUT2D eigenvalue weighted by atomic mass is 10.1. The number of nitro groups is 1. The summed E-state index contributed by atoms with van der Waals surface area (Å²) in [7, 11) is 3.06. The number of phenolic OH excluding ortho intramolecular Hbond substituents is 1. The van der Waals surface area contributed by atoms with Gasteiger partial charge in [0.1, 0.15) is 39.3 Å². The third-order valence-corrected chi connectivity index (χ3v) is 5.23. The van der Waals surface area contributed by atoms with Crippen LogP contribution in [0.15, 0.2) is 36.4 Å². The predicted octanol–water partition coefficient (Wildman–Crippen LogP) is -0.199. The van der Waals surface area contributed by atoms with Crippen LogP contribution in [0.25, 0.3) is 0 Å². The number of nitrogens with one attached hydrogen (secondary N) is 2. The van der Waals surface area contributed by atoms with Crippen LogP contribution in [0.5, 0.6) is 17.2 Å². The van der Waals surface area contributed by atoms with Crippen LogP contribution in [0, 0.1) is 10.1 Å². The van der Waals surface area contributed by atoms with E-state index in [0.29, 0.717) is 11.5 Å². The molecule has 0 amide bonds. The molecular formula is C20H27N3O5+2. The normalized spacial score (nSPS) is 19.2. The van der Waals surface area contributed by atoms with Gasteiger partial charge < -0.3 is 24.4 Å². The van der Waals surface area contributed by atoms with E-state index in [4.69, 9.17) is 9.47 Å². The zero-order valence-corrected chi connectivity index (χ0v) is 16.2. The number of quaternary nitrogens is 2. The lowest BCUT2D eigenvalue weighted by Crippen LogP contribution is -3.27. The highest BCUT2D eigenvalue weighted by molar-refractivity contribution is 5.52. The molecule has 2 aromatic carbocycles. The van der Waals surface area contributed by atoms with Gasteiger partial charge in [0.15, 0.2) is 11.5 Å². The molecule has 1 heterocycles. The molecule has 2 aromatic rings. The van der Waals surface area contributed by atoms with E-state index in [-0.39, 0.29) is 16.4 Å². The van der Waals surface area contributed by atoms with Gasteiger partial charge in [-0.25, -0.2) is 0 Å². The van der Waals surface area contributed by atoms with Crippen molar-refractivity contribution in [3.63, 3.8) is 0 Å². The van der Waals surface area contributed by atoms with Crippen molar-refractivity contribution < 1.29 is 29.3 Å². The molecule has 1 saturated heterocycles. The zero-order valence-electron chi connectivity index (χ0n) is 16.2. The van der Waals surface area contributed by atoms with Crippen LogP contribution in [0.1, 0.15) is 11.1 Å². The molecule has 0 saturated carbocycles. The number of aromatic hydroxyl groups is 1. The van der Waals surface area contributed by atoms with Crippen LogP contribution in [0.4, 0.5) is 5.69 Å². The average molecular weight is 389 g/mol. The Morgan fingerprint density at radius 3 is 2.00 bits per heavy atom. The largest absolute Gasteiger partial charge is 0.502 e. The fourth-order valence-electron chi connectivity index (χ4n) is 3.72. The van der Waals surface area contributed by atoms with Gasteiger partial charge in [-0.1, -0.05) is 12.1 Å². The summed E-state index contributed by atoms with van der Waals surface area (Å²) < 4.78 is 10.5. The highest BCUT2D eigenvalue weighted by atomic mass is 16.6. The first-order chi connectivity index (χ1) is 13.5. The van der Waals surface area contributed by atoms with Gasteiger partial charge in [-0.15, -0.1) is 0 Å². The zero-order chi connectivity index (χ0) is 20.1. The summed E-state index contributed by atoms with van der Waals surface area (Å²) in [5.41, 5.74) is 2.21. The molecule has 0 aromatic heterocycles. The van der Waals surface area contributed by atoms with Crippen LogP contribution in [0.3, 0.4) is 0 Å². The van der Waals surface area contributed by atoms with Gasteiger partial charge in [-0.2, -0.15) is 0 Å². The summed E-state index contributed by atoms with van der Waals surface area (Å²) >= 11 is 0. The molecule has 3 rings (SSSR count). The SMILES string of the molecule is COc1cc(C[NH+]2CC[NH+](Cc3cccc([N+](=O)[O-])c3)CC2)cc(OC)c1O. The van der Waals surface area contributed by atoms with Crippen LogP contribution in [-0.4, -0.2) is 50.4 Å². The highest BCUT2D eigenvalue weighted by Gasteiger charge is 2.24. The third-order valence-electron chi connectivity index (χ3n) is 5.23. The van der Waals surface area contributed by atoms with E-state index < -0.39 is 0 Å². The Labute approximate surface area is 164 Å². The number of rotatable bonds is 7. The van der Waals surface area contributed by atoms with Crippen molar-refractivity contribution in [2.75, 3.05) is 40.4 Å². The van der Waals surface area contributed by atoms with Crippen molar-refractivity contribution in [2.45, 2.75) is 13.1 Å². The minimum absolute atomic E-state index is 0.0231. The first-order valence-electron chi connectivity index (χ1n) is 9.34. The number of hydrogen-bond donors (Lipinski definition) is 3. The predicted molar refractivity (Wildman–Crippen MR) is 103 cm³/mol. The van der Waals surface area contributed by atoms with Crippen molar-refractivity contribution in [3.05, 3.63) is 57.6 Å². The van der Waals surface area contributed by atoms with Crippen molar-refractivity contribution in [3.8, 4) is 17.2 Å². The molecule has 0 atom stereocenters. The maximum absolute atomic E-state index is 10.9. The molecule has 150 valence electrons. The van der Waals surface area contributed by atoms with E-state index in [1.807, 2.05) is 18.2 Å². The second-order valence-electron chi connectivity index (χ2n) is 7.13. The summed E-state index contributed by atoms with van der Waals surface area (Å²) in [5, 5.41) is 21.0. The monoisotopic (exact) mass is 389 g/mol. The Morgan fingerprint density at radius 1 is 0.964 bits per heavy atom. The number of methoxy groups -OCH3 is 2. The minimum Gasteiger partial charge on any atom is -0.502 e. The fraction of sp³-hybridized carbons (Fsp3) is 0.400. The van der Waals surface area contributed by atoms with Crippen molar-refractivity contribution >= 4 is 5.69 Å². The first kappa shape index (κ1) is 19.9. The lowest BCUT2D eigenvalue weighted by molar-refractivity contribution is -1.02. The molecule has 0 bridgehead atoms. The second-order valence-corrected chi connectivity index (χ2v) is 7.13. The molecule has 8 nitrogen and oxygen atoms in total. The smallest absolute Gasteiger partial charge is 0.269 e. The summed E-state index contributed by atoms with van der Waals surface area (Å²) in [6.07, 6.45) is 0. The van der Waals surface area contributed by atoms with E-state index >= 15 is 0 Å². The topological polar surface area (TPSA) is 90.7 Å². The van der Waals surface area contributed by atoms with E-state index in [0.717, 1.165) is 50.4 Å². The second kappa shape index (κ2) is 8.90. The molecule has 0 spiro atoms. The van der Waals surface area contributed by atoms with Gasteiger partial charge >= 0.3 is 0 Å².